The standard InChI is InChI=1S/C15H16ClF2N3O/c1-8-13(10-6-9(16)2-3-11(10)20-8)14(22)21-12-7-19-5-4-15(12,17)18/h2-3,6,12,19-20H,4-5,7H2,1H3,(H,21,22). The van der Waals surface area contributed by atoms with Gasteiger partial charge in [-0.25, -0.2) is 8.78 Å². The minimum absolute atomic E-state index is 0.0564. The number of aromatic amines is 1. The van der Waals surface area contributed by atoms with Crippen molar-refractivity contribution in [3.05, 3.63) is 34.5 Å². The highest BCUT2D eigenvalue weighted by Gasteiger charge is 2.42. The summed E-state index contributed by atoms with van der Waals surface area (Å²) in [6.07, 6.45) is -0.281. The number of amides is 1. The highest BCUT2D eigenvalue weighted by molar-refractivity contribution is 6.31. The Morgan fingerprint density at radius 2 is 2.23 bits per heavy atom. The number of H-pyrrole nitrogens is 1. The molecule has 1 aromatic heterocycles. The molecule has 0 saturated carbocycles. The molecule has 0 aliphatic carbocycles. The maximum atomic E-state index is 13.9. The molecule has 1 unspecified atom stereocenters. The summed E-state index contributed by atoms with van der Waals surface area (Å²) in [5.74, 6) is -3.42. The van der Waals surface area contributed by atoms with E-state index in [-0.39, 0.29) is 19.5 Å². The van der Waals surface area contributed by atoms with Crippen LogP contribution in [-0.4, -0.2) is 35.9 Å². The van der Waals surface area contributed by atoms with Crippen LogP contribution in [-0.2, 0) is 0 Å². The first kappa shape index (κ1) is 15.2. The lowest BCUT2D eigenvalue weighted by Gasteiger charge is -2.32. The predicted molar refractivity (Wildman–Crippen MR) is 81.7 cm³/mol. The first-order valence-electron chi connectivity index (χ1n) is 7.06. The molecule has 1 aliphatic heterocycles. The van der Waals surface area contributed by atoms with E-state index in [0.717, 1.165) is 5.52 Å². The van der Waals surface area contributed by atoms with Crippen molar-refractivity contribution in [1.82, 2.24) is 15.6 Å². The zero-order valence-corrected chi connectivity index (χ0v) is 12.7. The van der Waals surface area contributed by atoms with Crippen LogP contribution >= 0.6 is 11.6 Å². The maximum Gasteiger partial charge on any atom is 0.270 e. The van der Waals surface area contributed by atoms with Crippen molar-refractivity contribution in [2.24, 2.45) is 0 Å². The molecule has 0 bridgehead atoms. The number of carbonyl (C=O) groups is 1. The molecule has 118 valence electrons. The van der Waals surface area contributed by atoms with E-state index in [1.54, 1.807) is 25.1 Å². The summed E-state index contributed by atoms with van der Waals surface area (Å²) >= 11 is 5.97. The molecular formula is C15H16ClF2N3O. The monoisotopic (exact) mass is 327 g/mol. The predicted octanol–water partition coefficient (Wildman–Crippen LogP) is 2.86. The molecule has 1 aromatic carbocycles. The third-order valence-corrected chi connectivity index (χ3v) is 4.21. The second kappa shape index (κ2) is 5.52. The Bertz CT molecular complexity index is 729. The maximum absolute atomic E-state index is 13.9. The quantitative estimate of drug-likeness (QED) is 0.794. The molecule has 1 atom stereocenters. The van der Waals surface area contributed by atoms with E-state index in [1.165, 1.54) is 0 Å². The van der Waals surface area contributed by atoms with Crippen LogP contribution in [0, 0.1) is 6.92 Å². The van der Waals surface area contributed by atoms with Crippen molar-refractivity contribution >= 4 is 28.4 Å². The summed E-state index contributed by atoms with van der Waals surface area (Å²) in [5, 5.41) is 6.45. The highest BCUT2D eigenvalue weighted by atomic mass is 35.5. The number of nitrogens with one attached hydrogen (secondary N) is 3. The number of hydrogen-bond donors (Lipinski definition) is 3. The summed E-state index contributed by atoms with van der Waals surface area (Å²) in [6.45, 7) is 2.04. The lowest BCUT2D eigenvalue weighted by molar-refractivity contribution is -0.0542. The number of alkyl halides is 2. The molecule has 7 heteroatoms. The molecule has 2 heterocycles. The normalized spacial score (nSPS) is 21.0. The molecule has 3 N–H and O–H groups in total. The van der Waals surface area contributed by atoms with Crippen LogP contribution < -0.4 is 10.6 Å². The fraction of sp³-hybridized carbons (Fsp3) is 0.400. The number of benzene rings is 1. The van der Waals surface area contributed by atoms with E-state index in [2.05, 4.69) is 15.6 Å². The van der Waals surface area contributed by atoms with Crippen LogP contribution in [0.2, 0.25) is 5.02 Å². The molecule has 1 aliphatic rings. The van der Waals surface area contributed by atoms with Crippen LogP contribution in [0.5, 0.6) is 0 Å². The zero-order chi connectivity index (χ0) is 15.9. The summed E-state index contributed by atoms with van der Waals surface area (Å²) in [5.41, 5.74) is 1.74. The van der Waals surface area contributed by atoms with Gasteiger partial charge in [-0.05, 0) is 25.1 Å². The Morgan fingerprint density at radius 3 is 2.95 bits per heavy atom. The number of rotatable bonds is 2. The number of fused-ring (bicyclic) bond motifs is 1. The van der Waals surface area contributed by atoms with Crippen LogP contribution in [0.1, 0.15) is 22.5 Å². The Labute approximate surface area is 131 Å². The molecule has 4 nitrogen and oxygen atoms in total. The average molecular weight is 328 g/mol. The largest absolute Gasteiger partial charge is 0.358 e. The third kappa shape index (κ3) is 2.68. The zero-order valence-electron chi connectivity index (χ0n) is 12.0. The van der Waals surface area contributed by atoms with Crippen molar-refractivity contribution < 1.29 is 13.6 Å². The van der Waals surface area contributed by atoms with Crippen LogP contribution in [0.15, 0.2) is 18.2 Å². The van der Waals surface area contributed by atoms with Gasteiger partial charge in [-0.15, -0.1) is 0 Å². The fourth-order valence-electron chi connectivity index (χ4n) is 2.80. The summed E-state index contributed by atoms with van der Waals surface area (Å²) in [7, 11) is 0. The van der Waals surface area contributed by atoms with Gasteiger partial charge >= 0.3 is 0 Å². The van der Waals surface area contributed by atoms with Crippen LogP contribution in [0.3, 0.4) is 0 Å². The Morgan fingerprint density at radius 1 is 1.45 bits per heavy atom. The van der Waals surface area contributed by atoms with E-state index in [4.69, 9.17) is 11.6 Å². The van der Waals surface area contributed by atoms with Gasteiger partial charge in [0, 0.05) is 41.1 Å². The number of piperidine rings is 1. The van der Waals surface area contributed by atoms with Gasteiger partial charge in [-0.2, -0.15) is 0 Å². The smallest absolute Gasteiger partial charge is 0.270 e. The van der Waals surface area contributed by atoms with Crippen LogP contribution in [0.4, 0.5) is 8.78 Å². The van der Waals surface area contributed by atoms with Crippen molar-refractivity contribution in [3.8, 4) is 0 Å². The molecule has 3 rings (SSSR count). The first-order valence-corrected chi connectivity index (χ1v) is 7.43. The number of aryl methyl sites for hydroxylation is 1. The Hall–Kier alpha value is -1.66. The average Bonchev–Trinajstić information content (AvgIpc) is 2.76. The van der Waals surface area contributed by atoms with Gasteiger partial charge in [-0.3, -0.25) is 4.79 Å². The number of halogens is 3. The van der Waals surface area contributed by atoms with Gasteiger partial charge in [-0.1, -0.05) is 11.6 Å². The number of aromatic nitrogens is 1. The Kier molecular flexibility index (Phi) is 3.82. The second-order valence-electron chi connectivity index (χ2n) is 5.56. The van der Waals surface area contributed by atoms with Gasteiger partial charge in [0.2, 0.25) is 0 Å². The topological polar surface area (TPSA) is 56.9 Å². The SMILES string of the molecule is Cc1[nH]c2ccc(Cl)cc2c1C(=O)NC1CNCCC1(F)F. The van der Waals surface area contributed by atoms with Crippen molar-refractivity contribution in [1.29, 1.82) is 0 Å². The van der Waals surface area contributed by atoms with Gasteiger partial charge in [0.15, 0.2) is 0 Å². The molecular weight excluding hydrogens is 312 g/mol. The van der Waals surface area contributed by atoms with Crippen molar-refractivity contribution in [2.75, 3.05) is 13.1 Å². The number of carbonyl (C=O) groups excluding carboxylic acids is 1. The second-order valence-corrected chi connectivity index (χ2v) is 5.99. The minimum Gasteiger partial charge on any atom is -0.358 e. The fourth-order valence-corrected chi connectivity index (χ4v) is 2.98. The van der Waals surface area contributed by atoms with E-state index in [1.807, 2.05) is 0 Å². The third-order valence-electron chi connectivity index (χ3n) is 3.97. The number of hydrogen-bond acceptors (Lipinski definition) is 2. The summed E-state index contributed by atoms with van der Waals surface area (Å²) < 4.78 is 27.7. The van der Waals surface area contributed by atoms with E-state index >= 15 is 0 Å². The molecule has 1 fully saturated rings. The lowest BCUT2D eigenvalue weighted by atomic mass is 10.0. The summed E-state index contributed by atoms with van der Waals surface area (Å²) in [4.78, 5) is 15.5. The van der Waals surface area contributed by atoms with E-state index in [0.29, 0.717) is 21.7 Å². The van der Waals surface area contributed by atoms with E-state index in [9.17, 15) is 13.6 Å². The molecule has 0 spiro atoms. The van der Waals surface area contributed by atoms with E-state index < -0.39 is 17.9 Å². The molecule has 22 heavy (non-hydrogen) atoms. The minimum atomic E-state index is -2.90. The summed E-state index contributed by atoms with van der Waals surface area (Å²) in [6, 6.07) is 3.92. The molecule has 2 aromatic rings. The van der Waals surface area contributed by atoms with Gasteiger partial charge < -0.3 is 15.6 Å². The van der Waals surface area contributed by atoms with Gasteiger partial charge in [0.25, 0.3) is 11.8 Å². The molecule has 1 saturated heterocycles. The first-order chi connectivity index (χ1) is 10.4. The van der Waals surface area contributed by atoms with Crippen molar-refractivity contribution in [2.45, 2.75) is 25.3 Å². The molecule has 0 radical (unpaired) electrons. The van der Waals surface area contributed by atoms with Crippen LogP contribution in [0.25, 0.3) is 10.9 Å². The highest BCUT2D eigenvalue weighted by Crippen LogP contribution is 2.28. The Balaban J connectivity index is 1.92. The van der Waals surface area contributed by atoms with Gasteiger partial charge in [0.1, 0.15) is 6.04 Å². The van der Waals surface area contributed by atoms with Crippen molar-refractivity contribution in [3.63, 3.8) is 0 Å². The molecule has 1 amide bonds. The van der Waals surface area contributed by atoms with Gasteiger partial charge in [0.05, 0.1) is 5.56 Å². The lowest BCUT2D eigenvalue weighted by Crippen LogP contribution is -2.57.